The van der Waals surface area contributed by atoms with Gasteiger partial charge in [0.25, 0.3) is 0 Å². The van der Waals surface area contributed by atoms with E-state index in [4.69, 9.17) is 15.2 Å². The molecular weight excluding hydrogens is 256 g/mol. The lowest BCUT2D eigenvalue weighted by Gasteiger charge is -2.34. The van der Waals surface area contributed by atoms with Crippen LogP contribution in [0, 0.1) is 0 Å². The molecule has 0 aromatic heterocycles. The van der Waals surface area contributed by atoms with E-state index in [-0.39, 0.29) is 18.1 Å². The van der Waals surface area contributed by atoms with Crippen LogP contribution in [0.3, 0.4) is 0 Å². The van der Waals surface area contributed by atoms with E-state index in [0.717, 1.165) is 25.2 Å². The first-order valence-corrected chi connectivity index (χ1v) is 6.87. The van der Waals surface area contributed by atoms with E-state index >= 15 is 0 Å². The fourth-order valence-electron chi connectivity index (χ4n) is 2.37. The van der Waals surface area contributed by atoms with Gasteiger partial charge in [-0.15, -0.1) is 0 Å². The molecule has 0 aliphatic carbocycles. The second-order valence-corrected chi connectivity index (χ2v) is 5.20. The molecular formula is C15H22N2O3. The fourth-order valence-corrected chi connectivity index (χ4v) is 2.37. The molecule has 1 saturated heterocycles. The quantitative estimate of drug-likeness (QED) is 0.833. The van der Waals surface area contributed by atoms with Gasteiger partial charge in [0.15, 0.2) is 0 Å². The minimum absolute atomic E-state index is 0.0270. The van der Waals surface area contributed by atoms with Crippen LogP contribution in [-0.2, 0) is 16.0 Å². The third kappa shape index (κ3) is 3.79. The number of carbonyl (C=O) groups excluding carboxylic acids is 1. The molecule has 2 N–H and O–H groups in total. The van der Waals surface area contributed by atoms with Crippen LogP contribution in [0.15, 0.2) is 24.3 Å². The van der Waals surface area contributed by atoms with Crippen molar-refractivity contribution in [3.63, 3.8) is 0 Å². The van der Waals surface area contributed by atoms with E-state index in [2.05, 4.69) is 4.90 Å². The molecule has 1 aromatic rings. The largest absolute Gasteiger partial charge is 0.465 e. The Morgan fingerprint density at radius 3 is 3.10 bits per heavy atom. The molecule has 110 valence electrons. The molecule has 5 nitrogen and oxygen atoms in total. The highest BCUT2D eigenvalue weighted by Gasteiger charge is 2.23. The van der Waals surface area contributed by atoms with Gasteiger partial charge in [0, 0.05) is 25.7 Å². The normalized spacial score (nSPS) is 21.4. The summed E-state index contributed by atoms with van der Waals surface area (Å²) < 4.78 is 10.4. The molecule has 1 aliphatic rings. The predicted molar refractivity (Wildman–Crippen MR) is 76.4 cm³/mol. The molecule has 1 aliphatic heterocycles. The number of esters is 1. The van der Waals surface area contributed by atoms with Crippen molar-refractivity contribution in [1.29, 1.82) is 0 Å². The summed E-state index contributed by atoms with van der Waals surface area (Å²) in [6.07, 6.45) is 0.0764. The molecule has 1 fully saturated rings. The summed E-state index contributed by atoms with van der Waals surface area (Å²) in [6.45, 7) is 5.15. The maximum atomic E-state index is 11.5. The van der Waals surface area contributed by atoms with Crippen molar-refractivity contribution in [2.75, 3.05) is 26.8 Å². The molecule has 5 heteroatoms. The maximum absolute atomic E-state index is 11.5. The summed E-state index contributed by atoms with van der Waals surface area (Å²) in [4.78, 5) is 13.8. The van der Waals surface area contributed by atoms with Gasteiger partial charge in [0.1, 0.15) is 0 Å². The van der Waals surface area contributed by atoms with Crippen molar-refractivity contribution in [2.45, 2.75) is 25.6 Å². The number of ether oxygens (including phenoxy) is 2. The Bertz CT molecular complexity index is 462. The van der Waals surface area contributed by atoms with Crippen LogP contribution >= 0.6 is 0 Å². The van der Waals surface area contributed by atoms with E-state index in [9.17, 15) is 4.79 Å². The minimum Gasteiger partial charge on any atom is -0.465 e. The zero-order chi connectivity index (χ0) is 14.5. The van der Waals surface area contributed by atoms with Gasteiger partial charge in [0.2, 0.25) is 0 Å². The number of hydrogen-bond donors (Lipinski definition) is 1. The van der Waals surface area contributed by atoms with Crippen molar-refractivity contribution in [2.24, 2.45) is 5.73 Å². The fraction of sp³-hybridized carbons (Fsp3) is 0.533. The summed E-state index contributed by atoms with van der Waals surface area (Å²) >= 11 is 0. The van der Waals surface area contributed by atoms with Crippen LogP contribution in [0.5, 0.6) is 0 Å². The Morgan fingerprint density at radius 1 is 1.60 bits per heavy atom. The van der Waals surface area contributed by atoms with Crippen LogP contribution in [0.25, 0.3) is 0 Å². The summed E-state index contributed by atoms with van der Waals surface area (Å²) in [5.41, 5.74) is 7.57. The van der Waals surface area contributed by atoms with E-state index in [0.29, 0.717) is 12.2 Å². The van der Waals surface area contributed by atoms with E-state index in [1.807, 2.05) is 25.1 Å². The Labute approximate surface area is 119 Å². The lowest BCUT2D eigenvalue weighted by atomic mass is 10.1. The second-order valence-electron chi connectivity index (χ2n) is 5.20. The number of carbonyl (C=O) groups is 1. The van der Waals surface area contributed by atoms with Crippen molar-refractivity contribution < 1.29 is 14.3 Å². The molecule has 2 rings (SSSR count). The summed E-state index contributed by atoms with van der Waals surface area (Å²) in [6, 6.07) is 7.56. The molecule has 0 saturated carbocycles. The molecule has 20 heavy (non-hydrogen) atoms. The second kappa shape index (κ2) is 6.83. The van der Waals surface area contributed by atoms with E-state index in [1.165, 1.54) is 7.11 Å². The number of benzene rings is 1. The third-order valence-electron chi connectivity index (χ3n) is 3.52. The molecule has 1 aromatic carbocycles. The summed E-state index contributed by atoms with van der Waals surface area (Å²) in [5, 5.41) is 0. The summed E-state index contributed by atoms with van der Waals surface area (Å²) in [7, 11) is 1.39. The molecule has 1 heterocycles. The number of rotatable bonds is 4. The zero-order valence-corrected chi connectivity index (χ0v) is 12.0. The van der Waals surface area contributed by atoms with Crippen LogP contribution < -0.4 is 5.73 Å². The lowest BCUT2D eigenvalue weighted by molar-refractivity contribution is -0.0403. The highest BCUT2D eigenvalue weighted by atomic mass is 16.5. The number of nitrogens with zero attached hydrogens (tertiary/aromatic N) is 1. The molecule has 2 atom stereocenters. The van der Waals surface area contributed by atoms with Gasteiger partial charge in [-0.1, -0.05) is 12.1 Å². The number of nitrogens with two attached hydrogens (primary N) is 1. The van der Waals surface area contributed by atoms with Gasteiger partial charge in [-0.2, -0.15) is 0 Å². The number of morpholine rings is 1. The third-order valence-corrected chi connectivity index (χ3v) is 3.52. The Hall–Kier alpha value is -1.43. The SMILES string of the molecule is COC(=O)c1cccc(CN2CCOC(C(C)N)C2)c1. The molecule has 2 unspecified atom stereocenters. The van der Waals surface area contributed by atoms with Crippen molar-refractivity contribution in [1.82, 2.24) is 4.90 Å². The van der Waals surface area contributed by atoms with Gasteiger partial charge in [-0.3, -0.25) is 4.90 Å². The van der Waals surface area contributed by atoms with Crippen molar-refractivity contribution >= 4 is 5.97 Å². The number of methoxy groups -OCH3 is 1. The van der Waals surface area contributed by atoms with Crippen LogP contribution in [0.4, 0.5) is 0 Å². The average molecular weight is 278 g/mol. The first-order valence-electron chi connectivity index (χ1n) is 6.87. The Balaban J connectivity index is 2.01. The first kappa shape index (κ1) is 15.0. The van der Waals surface area contributed by atoms with Crippen molar-refractivity contribution in [3.8, 4) is 0 Å². The van der Waals surface area contributed by atoms with Gasteiger partial charge in [-0.05, 0) is 24.6 Å². The van der Waals surface area contributed by atoms with E-state index < -0.39 is 0 Å². The highest BCUT2D eigenvalue weighted by molar-refractivity contribution is 5.89. The maximum Gasteiger partial charge on any atom is 0.337 e. The smallest absolute Gasteiger partial charge is 0.337 e. The zero-order valence-electron chi connectivity index (χ0n) is 12.0. The Morgan fingerprint density at radius 2 is 2.40 bits per heavy atom. The topological polar surface area (TPSA) is 64.8 Å². The van der Waals surface area contributed by atoms with Crippen LogP contribution in [0.1, 0.15) is 22.8 Å². The Kier molecular flexibility index (Phi) is 5.11. The highest BCUT2D eigenvalue weighted by Crippen LogP contribution is 2.13. The van der Waals surface area contributed by atoms with E-state index in [1.54, 1.807) is 6.07 Å². The lowest BCUT2D eigenvalue weighted by Crippen LogP contribution is -2.49. The molecule has 0 bridgehead atoms. The number of hydrogen-bond acceptors (Lipinski definition) is 5. The predicted octanol–water partition coefficient (Wildman–Crippen LogP) is 1.02. The van der Waals surface area contributed by atoms with Gasteiger partial charge >= 0.3 is 5.97 Å². The van der Waals surface area contributed by atoms with Gasteiger partial charge < -0.3 is 15.2 Å². The van der Waals surface area contributed by atoms with Crippen LogP contribution in [-0.4, -0.2) is 49.8 Å². The van der Waals surface area contributed by atoms with Gasteiger partial charge in [-0.25, -0.2) is 4.79 Å². The molecule has 0 spiro atoms. The molecule has 0 radical (unpaired) electrons. The van der Waals surface area contributed by atoms with Gasteiger partial charge in [0.05, 0.1) is 25.4 Å². The summed E-state index contributed by atoms with van der Waals surface area (Å²) in [5.74, 6) is -0.303. The monoisotopic (exact) mass is 278 g/mol. The molecule has 0 amide bonds. The first-order chi connectivity index (χ1) is 9.60. The van der Waals surface area contributed by atoms with Crippen LogP contribution in [0.2, 0.25) is 0 Å². The standard InChI is InChI=1S/C15H22N2O3/c1-11(16)14-10-17(6-7-20-14)9-12-4-3-5-13(8-12)15(18)19-2/h3-5,8,11,14H,6-7,9-10,16H2,1-2H3. The average Bonchev–Trinajstić information content (AvgIpc) is 2.47. The minimum atomic E-state index is -0.303. The van der Waals surface area contributed by atoms with Crippen molar-refractivity contribution in [3.05, 3.63) is 35.4 Å².